The van der Waals surface area contributed by atoms with E-state index in [2.05, 4.69) is 23.7 Å². The zero-order chi connectivity index (χ0) is 12.1. The standard InChI is InChI=1S/C15H25NO/c1-3-5-14-12-15(13-14)6-8-16(9-7-15)10-11-17-4-2/h14H,4,6-13H2,1-2H3. The Morgan fingerprint density at radius 3 is 2.59 bits per heavy atom. The highest BCUT2D eigenvalue weighted by molar-refractivity contribution is 5.11. The minimum atomic E-state index is 0.663. The van der Waals surface area contributed by atoms with Crippen molar-refractivity contribution in [1.29, 1.82) is 0 Å². The number of ether oxygens (including phenoxy) is 1. The van der Waals surface area contributed by atoms with Crippen LogP contribution in [0.1, 0.15) is 39.5 Å². The lowest BCUT2D eigenvalue weighted by Crippen LogP contribution is -2.47. The van der Waals surface area contributed by atoms with E-state index in [1.165, 1.54) is 38.8 Å². The highest BCUT2D eigenvalue weighted by Gasteiger charge is 2.44. The van der Waals surface area contributed by atoms with Crippen molar-refractivity contribution in [2.45, 2.75) is 39.5 Å². The summed E-state index contributed by atoms with van der Waals surface area (Å²) in [5, 5.41) is 0. The van der Waals surface area contributed by atoms with E-state index in [4.69, 9.17) is 4.74 Å². The third-order valence-electron chi connectivity index (χ3n) is 4.38. The maximum atomic E-state index is 5.42. The zero-order valence-electron chi connectivity index (χ0n) is 11.3. The van der Waals surface area contributed by atoms with E-state index in [0.29, 0.717) is 11.3 Å². The van der Waals surface area contributed by atoms with Gasteiger partial charge in [-0.1, -0.05) is 0 Å². The summed E-state index contributed by atoms with van der Waals surface area (Å²) in [5.41, 5.74) is 0.663. The van der Waals surface area contributed by atoms with Gasteiger partial charge in [-0.25, -0.2) is 0 Å². The summed E-state index contributed by atoms with van der Waals surface area (Å²) in [6.07, 6.45) is 5.46. The predicted molar refractivity (Wildman–Crippen MR) is 70.8 cm³/mol. The van der Waals surface area contributed by atoms with Crippen molar-refractivity contribution < 1.29 is 4.74 Å². The van der Waals surface area contributed by atoms with E-state index in [9.17, 15) is 0 Å². The second-order valence-electron chi connectivity index (χ2n) is 5.54. The van der Waals surface area contributed by atoms with E-state index in [0.717, 1.165) is 19.8 Å². The highest BCUT2D eigenvalue weighted by atomic mass is 16.5. The summed E-state index contributed by atoms with van der Waals surface area (Å²) in [4.78, 5) is 2.56. The number of nitrogens with zero attached hydrogens (tertiary/aromatic N) is 1. The van der Waals surface area contributed by atoms with Crippen LogP contribution >= 0.6 is 0 Å². The van der Waals surface area contributed by atoms with Gasteiger partial charge in [-0.05, 0) is 58.0 Å². The molecule has 0 unspecified atom stereocenters. The highest BCUT2D eigenvalue weighted by Crippen LogP contribution is 2.52. The Kier molecular flexibility index (Phi) is 4.48. The van der Waals surface area contributed by atoms with Crippen molar-refractivity contribution in [2.24, 2.45) is 11.3 Å². The molecule has 0 atom stereocenters. The summed E-state index contributed by atoms with van der Waals surface area (Å²) in [6, 6.07) is 0. The van der Waals surface area contributed by atoms with E-state index in [1.807, 2.05) is 6.92 Å². The summed E-state index contributed by atoms with van der Waals surface area (Å²) >= 11 is 0. The molecule has 2 rings (SSSR count). The van der Waals surface area contributed by atoms with Gasteiger partial charge in [0.15, 0.2) is 0 Å². The van der Waals surface area contributed by atoms with Crippen LogP contribution in [-0.2, 0) is 4.74 Å². The largest absolute Gasteiger partial charge is 0.380 e. The topological polar surface area (TPSA) is 12.5 Å². The maximum absolute atomic E-state index is 5.42. The molecule has 96 valence electrons. The van der Waals surface area contributed by atoms with Crippen LogP contribution in [-0.4, -0.2) is 37.7 Å². The monoisotopic (exact) mass is 235 g/mol. The van der Waals surface area contributed by atoms with Crippen LogP contribution in [0.15, 0.2) is 0 Å². The SMILES string of the molecule is CC#CC1CC2(CCN(CCOCC)CC2)C1. The van der Waals surface area contributed by atoms with Gasteiger partial charge in [-0.15, -0.1) is 11.8 Å². The molecule has 0 aromatic carbocycles. The molecule has 2 heteroatoms. The van der Waals surface area contributed by atoms with Crippen molar-refractivity contribution in [2.75, 3.05) is 32.8 Å². The molecule has 1 aliphatic heterocycles. The maximum Gasteiger partial charge on any atom is 0.0593 e. The molecule has 17 heavy (non-hydrogen) atoms. The van der Waals surface area contributed by atoms with Gasteiger partial charge in [0.1, 0.15) is 0 Å². The van der Waals surface area contributed by atoms with Crippen molar-refractivity contribution in [1.82, 2.24) is 4.90 Å². The van der Waals surface area contributed by atoms with Gasteiger partial charge in [0.2, 0.25) is 0 Å². The Morgan fingerprint density at radius 1 is 1.29 bits per heavy atom. The minimum absolute atomic E-state index is 0.663. The van der Waals surface area contributed by atoms with Gasteiger partial charge in [0.05, 0.1) is 6.61 Å². The van der Waals surface area contributed by atoms with Crippen LogP contribution in [0, 0.1) is 23.2 Å². The zero-order valence-corrected chi connectivity index (χ0v) is 11.3. The molecule has 1 saturated heterocycles. The van der Waals surface area contributed by atoms with Gasteiger partial charge < -0.3 is 9.64 Å². The van der Waals surface area contributed by atoms with E-state index in [-0.39, 0.29) is 0 Å². The first-order valence-corrected chi connectivity index (χ1v) is 7.00. The molecule has 2 fully saturated rings. The fourth-order valence-electron chi connectivity index (χ4n) is 3.29. The summed E-state index contributed by atoms with van der Waals surface area (Å²) in [6.45, 7) is 9.40. The fourth-order valence-corrected chi connectivity index (χ4v) is 3.29. The van der Waals surface area contributed by atoms with E-state index in [1.54, 1.807) is 0 Å². The average molecular weight is 235 g/mol. The first kappa shape index (κ1) is 12.9. The molecule has 1 heterocycles. The van der Waals surface area contributed by atoms with Crippen LogP contribution in [0.3, 0.4) is 0 Å². The number of likely N-dealkylation sites (tertiary alicyclic amines) is 1. The molecule has 2 nitrogen and oxygen atoms in total. The quantitative estimate of drug-likeness (QED) is 0.548. The van der Waals surface area contributed by atoms with Crippen molar-refractivity contribution >= 4 is 0 Å². The van der Waals surface area contributed by atoms with Crippen molar-refractivity contribution in [3.8, 4) is 11.8 Å². The average Bonchev–Trinajstić information content (AvgIpc) is 2.30. The predicted octanol–water partition coefficient (Wildman–Crippen LogP) is 2.54. The van der Waals surface area contributed by atoms with Gasteiger partial charge in [0, 0.05) is 19.1 Å². The summed E-state index contributed by atoms with van der Waals surface area (Å²) in [7, 11) is 0. The molecule has 2 aliphatic rings. The Hall–Kier alpha value is -0.520. The van der Waals surface area contributed by atoms with Crippen LogP contribution in [0.4, 0.5) is 0 Å². The molecule has 0 bridgehead atoms. The van der Waals surface area contributed by atoms with Crippen molar-refractivity contribution in [3.05, 3.63) is 0 Å². The Balaban J connectivity index is 1.66. The molecular weight excluding hydrogens is 210 g/mol. The van der Waals surface area contributed by atoms with Crippen LogP contribution in [0.5, 0.6) is 0 Å². The molecule has 1 aliphatic carbocycles. The molecule has 1 spiro atoms. The fraction of sp³-hybridized carbons (Fsp3) is 0.867. The third-order valence-corrected chi connectivity index (χ3v) is 4.38. The lowest BCUT2D eigenvalue weighted by atomic mass is 9.58. The van der Waals surface area contributed by atoms with Gasteiger partial charge in [0.25, 0.3) is 0 Å². The lowest BCUT2D eigenvalue weighted by molar-refractivity contribution is -0.000758. The first-order chi connectivity index (χ1) is 8.28. The van der Waals surface area contributed by atoms with Gasteiger partial charge >= 0.3 is 0 Å². The van der Waals surface area contributed by atoms with E-state index < -0.39 is 0 Å². The molecule has 0 amide bonds. The summed E-state index contributed by atoms with van der Waals surface area (Å²) in [5.74, 6) is 7.08. The molecule has 0 aromatic heterocycles. The summed E-state index contributed by atoms with van der Waals surface area (Å²) < 4.78 is 5.42. The molecule has 0 radical (unpaired) electrons. The Bertz CT molecular complexity index is 286. The van der Waals surface area contributed by atoms with Crippen molar-refractivity contribution in [3.63, 3.8) is 0 Å². The normalized spacial score (nSPS) is 24.1. The van der Waals surface area contributed by atoms with Crippen LogP contribution < -0.4 is 0 Å². The number of hydrogen-bond acceptors (Lipinski definition) is 2. The molecule has 0 N–H and O–H groups in total. The Morgan fingerprint density at radius 2 is 2.00 bits per heavy atom. The smallest absolute Gasteiger partial charge is 0.0593 e. The number of piperidine rings is 1. The Labute approximate surface area is 106 Å². The molecule has 1 saturated carbocycles. The number of rotatable bonds is 4. The third kappa shape index (κ3) is 3.24. The van der Waals surface area contributed by atoms with Crippen LogP contribution in [0.25, 0.3) is 0 Å². The van der Waals surface area contributed by atoms with Gasteiger partial charge in [-0.2, -0.15) is 0 Å². The first-order valence-electron chi connectivity index (χ1n) is 7.00. The second-order valence-corrected chi connectivity index (χ2v) is 5.54. The lowest BCUT2D eigenvalue weighted by Gasteiger charge is -2.51. The second kappa shape index (κ2) is 5.89. The van der Waals surface area contributed by atoms with Crippen LogP contribution in [0.2, 0.25) is 0 Å². The van der Waals surface area contributed by atoms with Gasteiger partial charge in [-0.3, -0.25) is 0 Å². The minimum Gasteiger partial charge on any atom is -0.380 e. The molecule has 0 aromatic rings. The van der Waals surface area contributed by atoms with E-state index >= 15 is 0 Å². The number of hydrogen-bond donors (Lipinski definition) is 0. The molecular formula is C15H25NO.